The quantitative estimate of drug-likeness (QED) is 0.833. The van der Waals surface area contributed by atoms with E-state index in [0.29, 0.717) is 12.4 Å². The van der Waals surface area contributed by atoms with Gasteiger partial charge in [-0.3, -0.25) is 9.59 Å². The molecule has 4 fully saturated rings. The molecule has 4 aliphatic carbocycles. The van der Waals surface area contributed by atoms with Crippen LogP contribution in [0.4, 0.5) is 11.4 Å². The van der Waals surface area contributed by atoms with Crippen LogP contribution in [0.3, 0.4) is 0 Å². The Hall–Kier alpha value is -2.04. The van der Waals surface area contributed by atoms with Crippen LogP contribution in [0.15, 0.2) is 18.2 Å². The van der Waals surface area contributed by atoms with E-state index in [0.717, 1.165) is 48.4 Å². The highest BCUT2D eigenvalue weighted by Gasteiger charge is 2.54. The number of nitrogens with one attached hydrogen (secondary N) is 1. The second-order valence-corrected chi connectivity index (χ2v) is 10.4. The Morgan fingerprint density at radius 2 is 1.71 bits per heavy atom. The minimum atomic E-state index is -0.573. The molecule has 1 aromatic carbocycles. The largest absolute Gasteiger partial charge is 0.490 e. The van der Waals surface area contributed by atoms with E-state index in [9.17, 15) is 9.59 Å². The molecule has 0 radical (unpaired) electrons. The summed E-state index contributed by atoms with van der Waals surface area (Å²) < 4.78 is 5.96. The highest BCUT2D eigenvalue weighted by atomic mass is 16.5. The maximum atomic E-state index is 13.3. The number of nitrogens with zero attached hydrogens (tertiary/aromatic N) is 1. The monoisotopic (exact) mass is 382 g/mol. The summed E-state index contributed by atoms with van der Waals surface area (Å²) in [5.41, 5.74) is 0.775. The average Bonchev–Trinajstić information content (AvgIpc) is 2.71. The smallest absolute Gasteiger partial charge is 0.235 e. The number of carbonyl (C=O) groups is 2. The van der Waals surface area contributed by atoms with Gasteiger partial charge in [0.1, 0.15) is 12.4 Å². The van der Waals surface area contributed by atoms with Crippen molar-refractivity contribution >= 4 is 23.2 Å². The fraction of sp³-hybridized carbons (Fsp3) is 0.652. The summed E-state index contributed by atoms with van der Waals surface area (Å²) in [5, 5.41) is 3.19. The topological polar surface area (TPSA) is 58.6 Å². The molecular weight excluding hydrogens is 352 g/mol. The minimum absolute atomic E-state index is 0.0385. The predicted molar refractivity (Wildman–Crippen MR) is 108 cm³/mol. The van der Waals surface area contributed by atoms with Gasteiger partial charge in [0, 0.05) is 18.8 Å². The molecule has 0 saturated heterocycles. The lowest BCUT2D eigenvalue weighted by molar-refractivity contribution is -0.140. The Balaban J connectivity index is 1.38. The molecule has 4 saturated carbocycles. The van der Waals surface area contributed by atoms with Crippen molar-refractivity contribution in [3.05, 3.63) is 18.2 Å². The fourth-order valence-corrected chi connectivity index (χ4v) is 6.52. The Labute approximate surface area is 166 Å². The lowest BCUT2D eigenvalue weighted by atomic mass is 9.49. The molecule has 0 unspecified atom stereocenters. The first-order chi connectivity index (χ1) is 13.3. The summed E-state index contributed by atoms with van der Waals surface area (Å²) in [6.07, 6.45) is 7.15. The van der Waals surface area contributed by atoms with Gasteiger partial charge in [-0.2, -0.15) is 0 Å². The summed E-state index contributed by atoms with van der Waals surface area (Å²) in [7, 11) is 1.78. The molecule has 1 heterocycles. The molecule has 1 aliphatic heterocycles. The first-order valence-corrected chi connectivity index (χ1v) is 10.6. The lowest BCUT2D eigenvalue weighted by Gasteiger charge is -2.55. The molecular formula is C23H30N2O3. The van der Waals surface area contributed by atoms with Crippen molar-refractivity contribution in [2.24, 2.45) is 28.6 Å². The zero-order chi connectivity index (χ0) is 19.7. The third kappa shape index (κ3) is 2.73. The van der Waals surface area contributed by atoms with Crippen LogP contribution in [0.25, 0.3) is 0 Å². The maximum absolute atomic E-state index is 13.3. The molecule has 0 atom stereocenters. The second kappa shape index (κ2) is 5.98. The number of ether oxygens (including phenoxy) is 1. The van der Waals surface area contributed by atoms with Crippen molar-refractivity contribution in [2.45, 2.75) is 52.4 Å². The second-order valence-electron chi connectivity index (χ2n) is 10.4. The van der Waals surface area contributed by atoms with Gasteiger partial charge < -0.3 is 15.0 Å². The highest BCUT2D eigenvalue weighted by molar-refractivity contribution is 6.00. The van der Waals surface area contributed by atoms with Crippen molar-refractivity contribution < 1.29 is 14.3 Å². The number of benzene rings is 1. The molecule has 0 aromatic heterocycles. The van der Waals surface area contributed by atoms with E-state index in [2.05, 4.69) is 5.32 Å². The van der Waals surface area contributed by atoms with Crippen molar-refractivity contribution in [3.8, 4) is 5.75 Å². The van der Waals surface area contributed by atoms with Gasteiger partial charge in [-0.15, -0.1) is 0 Å². The zero-order valence-electron chi connectivity index (χ0n) is 17.1. The summed E-state index contributed by atoms with van der Waals surface area (Å²) in [5.74, 6) is 3.11. The van der Waals surface area contributed by atoms with Crippen LogP contribution in [0, 0.1) is 28.6 Å². The van der Waals surface area contributed by atoms with E-state index in [-0.39, 0.29) is 17.2 Å². The third-order valence-corrected chi connectivity index (χ3v) is 7.57. The molecule has 4 bridgehead atoms. The van der Waals surface area contributed by atoms with Gasteiger partial charge >= 0.3 is 0 Å². The molecule has 0 spiro atoms. The van der Waals surface area contributed by atoms with Gasteiger partial charge in [-0.25, -0.2) is 0 Å². The zero-order valence-corrected chi connectivity index (χ0v) is 17.1. The number of carbonyl (C=O) groups excluding carboxylic acids is 2. The molecule has 5 heteroatoms. The molecule has 5 nitrogen and oxygen atoms in total. The van der Waals surface area contributed by atoms with Gasteiger partial charge in [0.15, 0.2) is 0 Å². The highest BCUT2D eigenvalue weighted by Crippen LogP contribution is 2.60. The van der Waals surface area contributed by atoms with Crippen LogP contribution >= 0.6 is 0 Å². The number of hydrogen-bond acceptors (Lipinski definition) is 3. The van der Waals surface area contributed by atoms with Crippen LogP contribution in [0.5, 0.6) is 5.75 Å². The number of fused-ring (bicyclic) bond motifs is 1. The molecule has 28 heavy (non-hydrogen) atoms. The lowest BCUT2D eigenvalue weighted by Crippen LogP contribution is -2.51. The molecule has 1 N–H and O–H groups in total. The van der Waals surface area contributed by atoms with E-state index < -0.39 is 5.41 Å². The molecule has 2 amide bonds. The summed E-state index contributed by atoms with van der Waals surface area (Å²) >= 11 is 0. The molecule has 150 valence electrons. The van der Waals surface area contributed by atoms with E-state index >= 15 is 0 Å². The van der Waals surface area contributed by atoms with Gasteiger partial charge in [-0.1, -0.05) is 0 Å². The van der Waals surface area contributed by atoms with Gasteiger partial charge in [-0.05, 0) is 82.3 Å². The van der Waals surface area contributed by atoms with Crippen molar-refractivity contribution in [2.75, 3.05) is 23.9 Å². The Bertz CT molecular complexity index is 809. The predicted octanol–water partition coefficient (Wildman–Crippen LogP) is 4.22. The first-order valence-electron chi connectivity index (χ1n) is 10.6. The summed E-state index contributed by atoms with van der Waals surface area (Å²) in [4.78, 5) is 27.6. The Morgan fingerprint density at radius 1 is 1.11 bits per heavy atom. The number of amides is 2. The van der Waals surface area contributed by atoms with Gasteiger partial charge in [0.25, 0.3) is 0 Å². The van der Waals surface area contributed by atoms with E-state index in [1.807, 2.05) is 32.0 Å². The SMILES string of the molecule is CN1C(=O)C(C)(C)COc2cc(NC(=O)C34CC5CC(CC(C5)C3)C4)ccc21. The fourth-order valence-electron chi connectivity index (χ4n) is 6.52. The van der Waals surface area contributed by atoms with Gasteiger partial charge in [0.05, 0.1) is 16.5 Å². The van der Waals surface area contributed by atoms with Crippen molar-refractivity contribution in [1.82, 2.24) is 0 Å². The summed E-state index contributed by atoms with van der Waals surface area (Å²) in [6, 6.07) is 5.64. The third-order valence-electron chi connectivity index (χ3n) is 7.57. The summed E-state index contributed by atoms with van der Waals surface area (Å²) in [6.45, 7) is 4.12. The maximum Gasteiger partial charge on any atom is 0.235 e. The van der Waals surface area contributed by atoms with E-state index in [1.54, 1.807) is 11.9 Å². The first kappa shape index (κ1) is 18.0. The van der Waals surface area contributed by atoms with E-state index in [4.69, 9.17) is 4.74 Å². The van der Waals surface area contributed by atoms with Crippen molar-refractivity contribution in [1.29, 1.82) is 0 Å². The standard InChI is InChI=1S/C23H30N2O3/c1-22(2)13-28-19-9-17(4-5-18(19)25(3)21(22)27)24-20(26)23-10-14-6-15(11-23)8-16(7-14)12-23/h4-5,9,14-16H,6-8,10-13H2,1-3H3,(H,24,26). The van der Waals surface area contributed by atoms with Crippen LogP contribution in [-0.2, 0) is 9.59 Å². The molecule has 1 aromatic rings. The Morgan fingerprint density at radius 3 is 2.32 bits per heavy atom. The van der Waals surface area contributed by atoms with Crippen LogP contribution < -0.4 is 15.0 Å². The number of anilines is 2. The number of rotatable bonds is 2. The minimum Gasteiger partial charge on any atom is -0.490 e. The average molecular weight is 383 g/mol. The van der Waals surface area contributed by atoms with Crippen LogP contribution in [-0.4, -0.2) is 25.5 Å². The molecule has 5 aliphatic rings. The number of hydrogen-bond donors (Lipinski definition) is 1. The van der Waals surface area contributed by atoms with E-state index in [1.165, 1.54) is 19.3 Å². The van der Waals surface area contributed by atoms with Crippen molar-refractivity contribution in [3.63, 3.8) is 0 Å². The normalized spacial score (nSPS) is 35.2. The molecule has 6 rings (SSSR count). The van der Waals surface area contributed by atoms with Crippen LogP contribution in [0.1, 0.15) is 52.4 Å². The Kier molecular flexibility index (Phi) is 3.85. The van der Waals surface area contributed by atoms with Crippen LogP contribution in [0.2, 0.25) is 0 Å². The van der Waals surface area contributed by atoms with Gasteiger partial charge in [0.2, 0.25) is 11.8 Å².